The highest BCUT2D eigenvalue weighted by atomic mass is 35.5. The monoisotopic (exact) mass is 492 g/mol. The first-order chi connectivity index (χ1) is 15.5. The number of nitrogens with zero attached hydrogens (tertiary/aromatic N) is 5. The van der Waals surface area contributed by atoms with E-state index in [0.29, 0.717) is 53.5 Å². The third-order valence-corrected chi connectivity index (χ3v) is 7.31. The van der Waals surface area contributed by atoms with Crippen LogP contribution in [-0.4, -0.2) is 64.0 Å². The van der Waals surface area contributed by atoms with Crippen molar-refractivity contribution < 1.29 is 14.1 Å². The molecule has 0 bridgehead atoms. The van der Waals surface area contributed by atoms with Gasteiger partial charge in [0.05, 0.1) is 12.2 Å². The molecule has 168 valence electrons. The number of carbonyl (C=O) groups is 2. The standard InChI is InChI=1S/C20H21ClN6O3S2/c1-13-10-16(25-30-13)22-17(28)12-31-20-24-23-19(32-20)27-8-6-26(7-9-27)18(29)11-14-4-2-3-5-15(14)21/h2-5,10H,6-9,11-12H2,1H3,(H,22,25,28). The fourth-order valence-corrected chi connectivity index (χ4v) is 5.08. The number of hydrogen-bond acceptors (Lipinski definition) is 9. The number of aryl methyl sites for hydroxylation is 1. The van der Waals surface area contributed by atoms with Crippen LogP contribution in [0.25, 0.3) is 0 Å². The molecule has 0 atom stereocenters. The lowest BCUT2D eigenvalue weighted by atomic mass is 10.1. The molecule has 0 unspecified atom stereocenters. The van der Waals surface area contributed by atoms with Gasteiger partial charge in [0.1, 0.15) is 5.76 Å². The van der Waals surface area contributed by atoms with Crippen LogP contribution in [0.15, 0.2) is 39.2 Å². The Morgan fingerprint density at radius 2 is 2.00 bits per heavy atom. The molecule has 4 rings (SSSR count). The van der Waals surface area contributed by atoms with Crippen molar-refractivity contribution >= 4 is 57.5 Å². The van der Waals surface area contributed by atoms with Gasteiger partial charge in [-0.25, -0.2) is 0 Å². The van der Waals surface area contributed by atoms with E-state index in [1.165, 1.54) is 23.1 Å². The molecule has 1 aliphatic rings. The second-order valence-electron chi connectivity index (χ2n) is 7.15. The number of thioether (sulfide) groups is 1. The van der Waals surface area contributed by atoms with Crippen LogP contribution in [0, 0.1) is 6.92 Å². The molecule has 2 aromatic heterocycles. The molecule has 3 aromatic rings. The van der Waals surface area contributed by atoms with Gasteiger partial charge in [-0.2, -0.15) is 0 Å². The summed E-state index contributed by atoms with van der Waals surface area (Å²) in [5.74, 6) is 1.11. The molecule has 3 heterocycles. The molecule has 1 aromatic carbocycles. The molecular weight excluding hydrogens is 472 g/mol. The second kappa shape index (κ2) is 10.3. The van der Waals surface area contributed by atoms with Gasteiger partial charge in [0.15, 0.2) is 10.2 Å². The zero-order chi connectivity index (χ0) is 22.5. The topological polar surface area (TPSA) is 104 Å². The lowest BCUT2D eigenvalue weighted by Gasteiger charge is -2.34. The Morgan fingerprint density at radius 3 is 2.72 bits per heavy atom. The molecular formula is C20H21ClN6O3S2. The van der Waals surface area contributed by atoms with Gasteiger partial charge in [0, 0.05) is 37.3 Å². The highest BCUT2D eigenvalue weighted by Gasteiger charge is 2.24. The number of hydrogen-bond donors (Lipinski definition) is 1. The summed E-state index contributed by atoms with van der Waals surface area (Å²) in [7, 11) is 0. The molecule has 1 saturated heterocycles. The van der Waals surface area contributed by atoms with Gasteiger partial charge >= 0.3 is 0 Å². The van der Waals surface area contributed by atoms with Crippen molar-refractivity contribution in [3.8, 4) is 0 Å². The maximum atomic E-state index is 12.6. The van der Waals surface area contributed by atoms with Gasteiger partial charge in [-0.15, -0.1) is 10.2 Å². The molecule has 32 heavy (non-hydrogen) atoms. The zero-order valence-corrected chi connectivity index (χ0v) is 19.7. The third kappa shape index (κ3) is 5.78. The van der Waals surface area contributed by atoms with E-state index in [4.69, 9.17) is 16.1 Å². The Labute approximate surface area is 198 Å². The average Bonchev–Trinajstić information content (AvgIpc) is 3.43. The van der Waals surface area contributed by atoms with Gasteiger partial charge < -0.3 is 19.6 Å². The average molecular weight is 493 g/mol. The van der Waals surface area contributed by atoms with E-state index in [1.807, 2.05) is 23.1 Å². The normalized spacial score (nSPS) is 13.9. The fraction of sp³-hybridized carbons (Fsp3) is 0.350. The summed E-state index contributed by atoms with van der Waals surface area (Å²) in [6.45, 7) is 4.35. The van der Waals surface area contributed by atoms with Crippen molar-refractivity contribution in [1.82, 2.24) is 20.3 Å². The SMILES string of the molecule is Cc1cc(NC(=O)CSc2nnc(N3CCN(C(=O)Cc4ccccc4Cl)CC3)s2)no1. The fourth-order valence-electron chi connectivity index (χ4n) is 3.18. The highest BCUT2D eigenvalue weighted by molar-refractivity contribution is 8.01. The van der Waals surface area contributed by atoms with E-state index in [2.05, 4.69) is 25.6 Å². The number of aromatic nitrogens is 3. The van der Waals surface area contributed by atoms with Crippen molar-refractivity contribution in [3.63, 3.8) is 0 Å². The molecule has 0 spiro atoms. The summed E-state index contributed by atoms with van der Waals surface area (Å²) in [5, 5.41) is 16.2. The van der Waals surface area contributed by atoms with Crippen LogP contribution in [0.3, 0.4) is 0 Å². The smallest absolute Gasteiger partial charge is 0.236 e. The molecule has 1 aliphatic heterocycles. The number of carbonyl (C=O) groups excluding carboxylic acids is 2. The number of nitrogens with one attached hydrogen (secondary N) is 1. The van der Waals surface area contributed by atoms with Gasteiger partial charge in [-0.05, 0) is 18.6 Å². The molecule has 0 saturated carbocycles. The Balaban J connectivity index is 1.23. The first kappa shape index (κ1) is 22.6. The maximum absolute atomic E-state index is 12.6. The molecule has 1 N–H and O–H groups in total. The number of amides is 2. The lowest BCUT2D eigenvalue weighted by molar-refractivity contribution is -0.130. The van der Waals surface area contributed by atoms with Crippen molar-refractivity contribution in [2.45, 2.75) is 17.7 Å². The highest BCUT2D eigenvalue weighted by Crippen LogP contribution is 2.29. The summed E-state index contributed by atoms with van der Waals surface area (Å²) >= 11 is 8.93. The molecule has 2 amide bonds. The van der Waals surface area contributed by atoms with Gasteiger partial charge in [-0.3, -0.25) is 9.59 Å². The number of halogens is 1. The van der Waals surface area contributed by atoms with Gasteiger partial charge in [-0.1, -0.05) is 58.1 Å². The van der Waals surface area contributed by atoms with Crippen LogP contribution in [0.2, 0.25) is 5.02 Å². The Bertz CT molecular complexity index is 1100. The lowest BCUT2D eigenvalue weighted by Crippen LogP contribution is -2.49. The van der Waals surface area contributed by atoms with Crippen LogP contribution in [0.1, 0.15) is 11.3 Å². The number of rotatable bonds is 7. The van der Waals surface area contributed by atoms with E-state index in [0.717, 1.165) is 10.7 Å². The Hall–Kier alpha value is -2.63. The van der Waals surface area contributed by atoms with E-state index < -0.39 is 0 Å². The molecule has 1 fully saturated rings. The van der Waals surface area contributed by atoms with E-state index >= 15 is 0 Å². The minimum Gasteiger partial charge on any atom is -0.360 e. The minimum atomic E-state index is -0.189. The zero-order valence-electron chi connectivity index (χ0n) is 17.3. The first-order valence-corrected chi connectivity index (χ1v) is 12.1. The van der Waals surface area contributed by atoms with Crippen molar-refractivity contribution in [2.24, 2.45) is 0 Å². The predicted octanol–water partition coefficient (Wildman–Crippen LogP) is 3.11. The maximum Gasteiger partial charge on any atom is 0.236 e. The second-order valence-corrected chi connectivity index (χ2v) is 9.73. The van der Waals surface area contributed by atoms with Crippen LogP contribution >= 0.6 is 34.7 Å². The Kier molecular flexibility index (Phi) is 7.28. The predicted molar refractivity (Wildman–Crippen MR) is 124 cm³/mol. The molecule has 12 heteroatoms. The summed E-state index contributed by atoms with van der Waals surface area (Å²) in [6, 6.07) is 9.07. The van der Waals surface area contributed by atoms with Gasteiger partial charge in [0.2, 0.25) is 16.9 Å². The molecule has 0 radical (unpaired) electrons. The summed E-state index contributed by atoms with van der Waals surface area (Å²) in [4.78, 5) is 28.6. The van der Waals surface area contributed by atoms with Crippen LogP contribution < -0.4 is 10.2 Å². The van der Waals surface area contributed by atoms with Crippen molar-refractivity contribution in [3.05, 3.63) is 46.7 Å². The van der Waals surface area contributed by atoms with E-state index in [1.54, 1.807) is 19.1 Å². The number of piperazine rings is 1. The number of anilines is 2. The Morgan fingerprint density at radius 1 is 1.22 bits per heavy atom. The molecule has 0 aliphatic carbocycles. The largest absolute Gasteiger partial charge is 0.360 e. The van der Waals surface area contributed by atoms with E-state index in [9.17, 15) is 9.59 Å². The van der Waals surface area contributed by atoms with Crippen molar-refractivity contribution in [1.29, 1.82) is 0 Å². The summed E-state index contributed by atoms with van der Waals surface area (Å²) in [6.07, 6.45) is 0.301. The quantitative estimate of drug-likeness (QED) is 0.502. The van der Waals surface area contributed by atoms with Crippen LogP contribution in [0.5, 0.6) is 0 Å². The minimum absolute atomic E-state index is 0.0691. The van der Waals surface area contributed by atoms with E-state index in [-0.39, 0.29) is 17.6 Å². The third-order valence-electron chi connectivity index (χ3n) is 4.82. The number of benzene rings is 1. The summed E-state index contributed by atoms with van der Waals surface area (Å²) in [5.41, 5.74) is 0.843. The van der Waals surface area contributed by atoms with Crippen LogP contribution in [0.4, 0.5) is 10.9 Å². The first-order valence-electron chi connectivity index (χ1n) is 9.93. The van der Waals surface area contributed by atoms with Crippen molar-refractivity contribution in [2.75, 3.05) is 42.1 Å². The van der Waals surface area contributed by atoms with Crippen LogP contribution in [-0.2, 0) is 16.0 Å². The van der Waals surface area contributed by atoms with Gasteiger partial charge in [0.25, 0.3) is 0 Å². The molecule has 9 nitrogen and oxygen atoms in total. The summed E-state index contributed by atoms with van der Waals surface area (Å²) < 4.78 is 5.64.